The predicted molar refractivity (Wildman–Crippen MR) is 137 cm³/mol. The molecule has 0 aromatic carbocycles. The number of nitrogens with one attached hydrogen (secondary N) is 2. The van der Waals surface area contributed by atoms with E-state index < -0.39 is 5.41 Å². The van der Waals surface area contributed by atoms with Crippen LogP contribution in [0.4, 0.5) is 0 Å². The second-order valence-corrected chi connectivity index (χ2v) is 13.5. The van der Waals surface area contributed by atoms with Gasteiger partial charge in [0.1, 0.15) is 0 Å². The average Bonchev–Trinajstić information content (AvgIpc) is 2.62. The minimum Gasteiger partial charge on any atom is -0.375 e. The molecule has 0 bridgehead atoms. The summed E-state index contributed by atoms with van der Waals surface area (Å²) in [6.45, 7) is 16.9. The van der Waals surface area contributed by atoms with Gasteiger partial charge in [0, 0.05) is 47.9 Å². The Morgan fingerprint density at radius 2 is 1.59 bits per heavy atom. The Bertz CT molecular complexity index is 608. The third kappa shape index (κ3) is 15.8. The molecule has 9 heteroatoms. The maximum absolute atomic E-state index is 12.3. The zero-order valence-corrected chi connectivity index (χ0v) is 22.9. The van der Waals surface area contributed by atoms with Gasteiger partial charge in [-0.15, -0.1) is 0 Å². The van der Waals surface area contributed by atoms with Crippen LogP contribution in [0.5, 0.6) is 0 Å². The number of hydrogen-bond donors (Lipinski definition) is 3. The van der Waals surface area contributed by atoms with Gasteiger partial charge >= 0.3 is 0 Å². The maximum atomic E-state index is 12.3. The molecule has 0 aliphatic carbocycles. The summed E-state index contributed by atoms with van der Waals surface area (Å²) in [5, 5.41) is 5.91. The lowest BCUT2D eigenvalue weighted by atomic mass is 9.88. The molecule has 4 N–H and O–H groups in total. The van der Waals surface area contributed by atoms with Crippen LogP contribution >= 0.6 is 21.6 Å². The van der Waals surface area contributed by atoms with E-state index in [-0.39, 0.29) is 34.1 Å². The standard InChI is InChI=1S/C23H45N3O4S2/c1-17(2)26-20(29)21(3,4)13-15-30-22(5,6)12-14-25-19(28)10-16-31-32-23(7,8)11-9-18(24)27/h17H,9-16H2,1-8H3,(H2,24,27)(H,25,28)(H,26,29). The summed E-state index contributed by atoms with van der Waals surface area (Å²) in [5.41, 5.74) is 4.34. The summed E-state index contributed by atoms with van der Waals surface area (Å²) in [6, 6.07) is 0.119. The van der Waals surface area contributed by atoms with Crippen molar-refractivity contribution < 1.29 is 19.1 Å². The summed E-state index contributed by atoms with van der Waals surface area (Å²) >= 11 is 0. The average molecular weight is 492 g/mol. The molecule has 0 aromatic heterocycles. The highest BCUT2D eigenvalue weighted by Crippen LogP contribution is 2.38. The highest BCUT2D eigenvalue weighted by molar-refractivity contribution is 8.77. The number of amides is 3. The fourth-order valence-electron chi connectivity index (χ4n) is 2.62. The first kappa shape index (κ1) is 31.1. The third-order valence-electron chi connectivity index (χ3n) is 4.97. The Hall–Kier alpha value is -0.930. The highest BCUT2D eigenvalue weighted by Gasteiger charge is 2.29. The summed E-state index contributed by atoms with van der Waals surface area (Å²) in [5.74, 6) is 0.489. The van der Waals surface area contributed by atoms with Crippen LogP contribution in [0.3, 0.4) is 0 Å². The maximum Gasteiger partial charge on any atom is 0.225 e. The van der Waals surface area contributed by atoms with Crippen molar-refractivity contribution in [2.45, 2.75) is 104 Å². The van der Waals surface area contributed by atoms with Gasteiger partial charge in [-0.3, -0.25) is 14.4 Å². The molecular weight excluding hydrogens is 446 g/mol. The molecule has 0 saturated heterocycles. The van der Waals surface area contributed by atoms with Crippen molar-refractivity contribution in [2.24, 2.45) is 11.1 Å². The van der Waals surface area contributed by atoms with Gasteiger partial charge in [-0.05, 0) is 60.8 Å². The van der Waals surface area contributed by atoms with Gasteiger partial charge in [-0.25, -0.2) is 0 Å². The van der Waals surface area contributed by atoms with Gasteiger partial charge in [-0.1, -0.05) is 35.4 Å². The van der Waals surface area contributed by atoms with Crippen LogP contribution in [0.1, 0.15) is 87.5 Å². The first-order valence-corrected chi connectivity index (χ1v) is 13.7. The molecule has 0 radical (unpaired) electrons. The van der Waals surface area contributed by atoms with Crippen LogP contribution in [0.2, 0.25) is 0 Å². The number of rotatable bonds is 17. The molecule has 0 heterocycles. The second kappa shape index (κ2) is 14.4. The molecule has 0 aliphatic rings. The van der Waals surface area contributed by atoms with E-state index in [1.165, 1.54) is 0 Å². The second-order valence-electron chi connectivity index (χ2n) is 10.4. The van der Waals surface area contributed by atoms with E-state index in [0.717, 1.165) is 6.42 Å². The Morgan fingerprint density at radius 3 is 2.16 bits per heavy atom. The number of carbonyl (C=O) groups is 3. The molecule has 7 nitrogen and oxygen atoms in total. The van der Waals surface area contributed by atoms with Crippen molar-refractivity contribution >= 4 is 39.3 Å². The lowest BCUT2D eigenvalue weighted by Crippen LogP contribution is -2.41. The largest absolute Gasteiger partial charge is 0.375 e. The first-order chi connectivity index (χ1) is 14.6. The smallest absolute Gasteiger partial charge is 0.225 e. The summed E-state index contributed by atoms with van der Waals surface area (Å²) < 4.78 is 5.95. The van der Waals surface area contributed by atoms with E-state index in [1.807, 2.05) is 41.5 Å². The molecule has 0 saturated carbocycles. The van der Waals surface area contributed by atoms with Crippen LogP contribution in [-0.2, 0) is 19.1 Å². The third-order valence-corrected chi connectivity index (χ3v) is 8.33. The molecule has 0 rings (SSSR count). The fraction of sp³-hybridized carbons (Fsp3) is 0.870. The van der Waals surface area contributed by atoms with Gasteiger partial charge in [0.2, 0.25) is 17.7 Å². The predicted octanol–water partition coefficient (Wildman–Crippen LogP) is 4.04. The van der Waals surface area contributed by atoms with Crippen molar-refractivity contribution in [1.29, 1.82) is 0 Å². The molecule has 0 spiro atoms. The highest BCUT2D eigenvalue weighted by atomic mass is 33.1. The zero-order chi connectivity index (χ0) is 25.0. The number of carbonyl (C=O) groups excluding carboxylic acids is 3. The molecule has 3 amide bonds. The SMILES string of the molecule is CC(C)NC(=O)C(C)(C)CCOC(C)(C)CCNC(=O)CCSSC(C)(C)CCC(N)=O. The normalized spacial score (nSPS) is 12.7. The lowest BCUT2D eigenvalue weighted by Gasteiger charge is -2.29. The first-order valence-electron chi connectivity index (χ1n) is 11.4. The Morgan fingerprint density at radius 1 is 0.969 bits per heavy atom. The van der Waals surface area contributed by atoms with Gasteiger partial charge < -0.3 is 21.1 Å². The topological polar surface area (TPSA) is 111 Å². The van der Waals surface area contributed by atoms with E-state index in [9.17, 15) is 14.4 Å². The minimum atomic E-state index is -0.487. The van der Waals surface area contributed by atoms with Crippen LogP contribution in [-0.4, -0.2) is 53.0 Å². The van der Waals surface area contributed by atoms with E-state index >= 15 is 0 Å². The van der Waals surface area contributed by atoms with Crippen molar-refractivity contribution in [3.8, 4) is 0 Å². The zero-order valence-electron chi connectivity index (χ0n) is 21.3. The number of ether oxygens (including phenoxy) is 1. The summed E-state index contributed by atoms with van der Waals surface area (Å²) in [4.78, 5) is 35.3. The fourth-order valence-corrected chi connectivity index (χ4v) is 5.18. The van der Waals surface area contributed by atoms with E-state index in [2.05, 4.69) is 24.5 Å². The Labute approximate surface area is 202 Å². The molecule has 0 unspecified atom stereocenters. The molecule has 0 aromatic rings. The van der Waals surface area contributed by atoms with E-state index in [1.54, 1.807) is 21.6 Å². The molecule has 188 valence electrons. The molecule has 0 atom stereocenters. The molecule has 0 aliphatic heterocycles. The summed E-state index contributed by atoms with van der Waals surface area (Å²) in [7, 11) is 3.33. The van der Waals surface area contributed by atoms with E-state index in [0.29, 0.717) is 44.6 Å². The number of hydrogen-bond acceptors (Lipinski definition) is 6. The van der Waals surface area contributed by atoms with Crippen molar-refractivity contribution in [3.05, 3.63) is 0 Å². The monoisotopic (exact) mass is 491 g/mol. The van der Waals surface area contributed by atoms with Crippen molar-refractivity contribution in [3.63, 3.8) is 0 Å². The quantitative estimate of drug-likeness (QED) is 0.209. The molecule has 0 fully saturated rings. The Kier molecular flexibility index (Phi) is 13.9. The van der Waals surface area contributed by atoms with Crippen LogP contribution in [0.25, 0.3) is 0 Å². The van der Waals surface area contributed by atoms with Crippen molar-refractivity contribution in [1.82, 2.24) is 10.6 Å². The Balaban J connectivity index is 4.08. The lowest BCUT2D eigenvalue weighted by molar-refractivity contribution is -0.132. The van der Waals surface area contributed by atoms with Gasteiger partial charge in [-0.2, -0.15) is 0 Å². The van der Waals surface area contributed by atoms with E-state index in [4.69, 9.17) is 10.5 Å². The van der Waals surface area contributed by atoms with Gasteiger partial charge in [0.25, 0.3) is 0 Å². The summed E-state index contributed by atoms with van der Waals surface area (Å²) in [6.07, 6.45) is 2.87. The van der Waals surface area contributed by atoms with Gasteiger partial charge in [0.15, 0.2) is 0 Å². The number of primary amides is 1. The molecular formula is C23H45N3O4S2. The van der Waals surface area contributed by atoms with Gasteiger partial charge in [0.05, 0.1) is 5.60 Å². The molecule has 32 heavy (non-hydrogen) atoms. The van der Waals surface area contributed by atoms with Crippen LogP contribution in [0.15, 0.2) is 0 Å². The number of nitrogens with two attached hydrogens (primary N) is 1. The van der Waals surface area contributed by atoms with Crippen LogP contribution < -0.4 is 16.4 Å². The van der Waals surface area contributed by atoms with Crippen molar-refractivity contribution in [2.75, 3.05) is 18.9 Å². The van der Waals surface area contributed by atoms with Crippen LogP contribution in [0, 0.1) is 5.41 Å². The minimum absolute atomic E-state index is 0.0235.